The molecular weight excluding hydrogens is 396 g/mol. The molecule has 1 aliphatic heterocycles. The molecule has 1 heterocycles. The largest absolute Gasteiger partial charge is 0.338 e. The average Bonchev–Trinajstić information content (AvgIpc) is 2.81. The van der Waals surface area contributed by atoms with Crippen LogP contribution in [-0.2, 0) is 4.79 Å². The maximum atomic E-state index is 13.5. The van der Waals surface area contributed by atoms with Crippen molar-refractivity contribution in [3.05, 3.63) is 107 Å². The van der Waals surface area contributed by atoms with E-state index in [0.29, 0.717) is 36.8 Å². The molecule has 0 spiro atoms. The fraction of sp³-hybridized carbons (Fsp3) is 0.200. The highest BCUT2D eigenvalue weighted by Crippen LogP contribution is 2.27. The number of hydrogen-bond donors (Lipinski definition) is 0. The van der Waals surface area contributed by atoms with E-state index in [4.69, 9.17) is 11.6 Å². The Bertz CT molecular complexity index is 976. The van der Waals surface area contributed by atoms with Gasteiger partial charge in [0.2, 0.25) is 5.91 Å². The fourth-order valence-corrected chi connectivity index (χ4v) is 4.10. The smallest absolute Gasteiger partial charge is 0.255 e. The van der Waals surface area contributed by atoms with Gasteiger partial charge in [0.05, 0.1) is 16.5 Å². The second kappa shape index (κ2) is 9.14. The molecule has 0 aromatic heterocycles. The maximum absolute atomic E-state index is 13.5. The molecule has 152 valence electrons. The van der Waals surface area contributed by atoms with Gasteiger partial charge < -0.3 is 9.80 Å². The van der Waals surface area contributed by atoms with Crippen LogP contribution < -0.4 is 0 Å². The Balaban J connectivity index is 1.50. The van der Waals surface area contributed by atoms with Crippen molar-refractivity contribution in [2.45, 2.75) is 5.92 Å². The zero-order chi connectivity index (χ0) is 20.9. The van der Waals surface area contributed by atoms with Crippen LogP contribution in [0.1, 0.15) is 27.4 Å². The van der Waals surface area contributed by atoms with E-state index >= 15 is 0 Å². The molecule has 5 heteroatoms. The van der Waals surface area contributed by atoms with E-state index < -0.39 is 0 Å². The topological polar surface area (TPSA) is 40.6 Å². The second-order valence-corrected chi connectivity index (χ2v) is 7.76. The summed E-state index contributed by atoms with van der Waals surface area (Å²) < 4.78 is 0. The van der Waals surface area contributed by atoms with Crippen LogP contribution in [-0.4, -0.2) is 47.8 Å². The number of rotatable bonds is 4. The zero-order valence-corrected chi connectivity index (χ0v) is 17.3. The number of hydrogen-bond acceptors (Lipinski definition) is 2. The van der Waals surface area contributed by atoms with Crippen molar-refractivity contribution >= 4 is 23.4 Å². The monoisotopic (exact) mass is 418 g/mol. The summed E-state index contributed by atoms with van der Waals surface area (Å²) in [6.07, 6.45) is 0. The molecule has 4 rings (SSSR count). The van der Waals surface area contributed by atoms with Gasteiger partial charge in [0.15, 0.2) is 0 Å². The lowest BCUT2D eigenvalue weighted by molar-refractivity contribution is -0.133. The van der Waals surface area contributed by atoms with Crippen molar-refractivity contribution in [3.63, 3.8) is 0 Å². The molecule has 0 saturated carbocycles. The fourth-order valence-electron chi connectivity index (χ4n) is 3.89. The predicted octanol–water partition coefficient (Wildman–Crippen LogP) is 4.46. The molecule has 0 bridgehead atoms. The van der Waals surface area contributed by atoms with Gasteiger partial charge in [0, 0.05) is 26.2 Å². The number of carbonyl (C=O) groups is 2. The molecule has 1 aliphatic rings. The molecule has 0 N–H and O–H groups in total. The lowest BCUT2D eigenvalue weighted by atomic mass is 9.90. The van der Waals surface area contributed by atoms with Gasteiger partial charge in [-0.2, -0.15) is 0 Å². The SMILES string of the molecule is O=C(c1ccccc1Cl)N1CCN(C(=O)C(c2ccccc2)c2ccccc2)CC1. The van der Waals surface area contributed by atoms with E-state index in [1.165, 1.54) is 0 Å². The minimum Gasteiger partial charge on any atom is -0.338 e. The number of nitrogens with zero attached hydrogens (tertiary/aromatic N) is 2. The lowest BCUT2D eigenvalue weighted by Crippen LogP contribution is -2.51. The Labute approximate surface area is 181 Å². The third-order valence-corrected chi connectivity index (χ3v) is 5.83. The molecule has 0 atom stereocenters. The van der Waals surface area contributed by atoms with Crippen molar-refractivity contribution in [2.24, 2.45) is 0 Å². The second-order valence-electron chi connectivity index (χ2n) is 7.35. The average molecular weight is 419 g/mol. The Morgan fingerprint density at radius 3 is 1.67 bits per heavy atom. The minimum atomic E-state index is -0.349. The van der Waals surface area contributed by atoms with Gasteiger partial charge in [0.1, 0.15) is 0 Å². The zero-order valence-electron chi connectivity index (χ0n) is 16.6. The molecule has 4 nitrogen and oxygen atoms in total. The summed E-state index contributed by atoms with van der Waals surface area (Å²) in [6.45, 7) is 1.99. The summed E-state index contributed by atoms with van der Waals surface area (Å²) in [4.78, 5) is 29.9. The summed E-state index contributed by atoms with van der Waals surface area (Å²) in [7, 11) is 0. The molecule has 2 amide bonds. The van der Waals surface area contributed by atoms with Gasteiger partial charge in [-0.05, 0) is 23.3 Å². The van der Waals surface area contributed by atoms with Gasteiger partial charge >= 0.3 is 0 Å². The highest BCUT2D eigenvalue weighted by atomic mass is 35.5. The summed E-state index contributed by atoms with van der Waals surface area (Å²) in [5, 5.41) is 0.453. The van der Waals surface area contributed by atoms with E-state index in [9.17, 15) is 9.59 Å². The highest BCUT2D eigenvalue weighted by Gasteiger charge is 2.31. The molecule has 0 aliphatic carbocycles. The third-order valence-electron chi connectivity index (χ3n) is 5.50. The van der Waals surface area contributed by atoms with Crippen molar-refractivity contribution in [2.75, 3.05) is 26.2 Å². The van der Waals surface area contributed by atoms with Crippen LogP contribution in [0.3, 0.4) is 0 Å². The van der Waals surface area contributed by atoms with Crippen molar-refractivity contribution < 1.29 is 9.59 Å². The van der Waals surface area contributed by atoms with Crippen molar-refractivity contribution in [3.8, 4) is 0 Å². The van der Waals surface area contributed by atoms with Crippen LogP contribution in [0.2, 0.25) is 5.02 Å². The Morgan fingerprint density at radius 2 is 1.13 bits per heavy atom. The Kier molecular flexibility index (Phi) is 6.15. The quantitative estimate of drug-likeness (QED) is 0.627. The number of piperazine rings is 1. The molecule has 30 heavy (non-hydrogen) atoms. The molecule has 1 saturated heterocycles. The molecular formula is C25H23ClN2O2. The predicted molar refractivity (Wildman–Crippen MR) is 119 cm³/mol. The lowest BCUT2D eigenvalue weighted by Gasteiger charge is -2.36. The van der Waals surface area contributed by atoms with Gasteiger partial charge in [-0.3, -0.25) is 9.59 Å². The highest BCUT2D eigenvalue weighted by molar-refractivity contribution is 6.33. The first-order valence-electron chi connectivity index (χ1n) is 10.1. The maximum Gasteiger partial charge on any atom is 0.255 e. The van der Waals surface area contributed by atoms with E-state index in [0.717, 1.165) is 11.1 Å². The third kappa shape index (κ3) is 4.24. The van der Waals surface area contributed by atoms with Gasteiger partial charge in [-0.15, -0.1) is 0 Å². The summed E-state index contributed by atoms with van der Waals surface area (Å²) >= 11 is 6.18. The molecule has 3 aromatic rings. The van der Waals surface area contributed by atoms with Crippen LogP contribution in [0.25, 0.3) is 0 Å². The van der Waals surface area contributed by atoms with E-state index in [2.05, 4.69) is 0 Å². The normalized spacial score (nSPS) is 14.1. The van der Waals surface area contributed by atoms with Crippen molar-refractivity contribution in [1.29, 1.82) is 0 Å². The summed E-state index contributed by atoms with van der Waals surface area (Å²) in [5.74, 6) is -0.370. The van der Waals surface area contributed by atoms with Crippen molar-refractivity contribution in [1.82, 2.24) is 9.80 Å². The van der Waals surface area contributed by atoms with Crippen LogP contribution in [0.4, 0.5) is 0 Å². The number of carbonyl (C=O) groups excluding carboxylic acids is 2. The van der Waals surface area contributed by atoms with E-state index in [1.54, 1.807) is 17.0 Å². The minimum absolute atomic E-state index is 0.0669. The molecule has 3 aromatic carbocycles. The molecule has 1 fully saturated rings. The van der Waals surface area contributed by atoms with Gasteiger partial charge in [-0.25, -0.2) is 0 Å². The number of amides is 2. The van der Waals surface area contributed by atoms with Crippen LogP contribution in [0, 0.1) is 0 Å². The summed E-state index contributed by atoms with van der Waals surface area (Å²) in [6, 6.07) is 26.8. The van der Waals surface area contributed by atoms with Gasteiger partial charge in [-0.1, -0.05) is 84.4 Å². The Hall–Kier alpha value is -3.11. The number of halogens is 1. The first kappa shape index (κ1) is 20.2. The van der Waals surface area contributed by atoms with Crippen LogP contribution in [0.15, 0.2) is 84.9 Å². The number of benzene rings is 3. The Morgan fingerprint density at radius 1 is 0.667 bits per heavy atom. The summed E-state index contributed by atoms with van der Waals surface area (Å²) in [5.41, 5.74) is 2.46. The molecule has 0 unspecified atom stereocenters. The van der Waals surface area contributed by atoms with E-state index in [1.807, 2.05) is 77.7 Å². The molecule has 0 radical (unpaired) electrons. The van der Waals surface area contributed by atoms with E-state index in [-0.39, 0.29) is 17.7 Å². The first-order chi connectivity index (χ1) is 14.6. The standard InChI is InChI=1S/C25H23ClN2O2/c26-22-14-8-7-13-21(22)24(29)27-15-17-28(18-16-27)25(30)23(19-9-3-1-4-10-19)20-11-5-2-6-12-20/h1-14,23H,15-18H2. The van der Waals surface area contributed by atoms with Crippen LogP contribution >= 0.6 is 11.6 Å². The van der Waals surface area contributed by atoms with Gasteiger partial charge in [0.25, 0.3) is 5.91 Å². The van der Waals surface area contributed by atoms with Crippen LogP contribution in [0.5, 0.6) is 0 Å². The first-order valence-corrected chi connectivity index (χ1v) is 10.5.